The number of carbonyl (C=O) groups excluding carboxylic acids is 1. The van der Waals surface area contributed by atoms with Gasteiger partial charge >= 0.3 is 5.97 Å². The SMILES string of the molecule is COC(=O)C(c1ccccc1)n1cncc1[C@H](C)N. The molecule has 2 atom stereocenters. The number of nitrogens with two attached hydrogens (primary N) is 1. The fourth-order valence-electron chi connectivity index (χ4n) is 2.04. The van der Waals surface area contributed by atoms with Gasteiger partial charge in [0.25, 0.3) is 0 Å². The average molecular weight is 259 g/mol. The Morgan fingerprint density at radius 3 is 2.63 bits per heavy atom. The molecule has 1 aromatic carbocycles. The van der Waals surface area contributed by atoms with Crippen LogP contribution in [0.5, 0.6) is 0 Å². The number of rotatable bonds is 4. The van der Waals surface area contributed by atoms with Crippen LogP contribution in [0.4, 0.5) is 0 Å². The van der Waals surface area contributed by atoms with Crippen molar-refractivity contribution in [1.29, 1.82) is 0 Å². The molecule has 100 valence electrons. The topological polar surface area (TPSA) is 70.1 Å². The van der Waals surface area contributed by atoms with Crippen molar-refractivity contribution >= 4 is 5.97 Å². The molecule has 5 nitrogen and oxygen atoms in total. The number of imidazole rings is 1. The van der Waals surface area contributed by atoms with Crippen molar-refractivity contribution in [3.05, 3.63) is 54.1 Å². The van der Waals surface area contributed by atoms with Crippen molar-refractivity contribution in [3.8, 4) is 0 Å². The molecule has 1 aromatic heterocycles. The van der Waals surface area contributed by atoms with Crippen LogP contribution in [-0.4, -0.2) is 22.6 Å². The number of ether oxygens (including phenoxy) is 1. The summed E-state index contributed by atoms with van der Waals surface area (Å²) in [6.07, 6.45) is 3.27. The first-order chi connectivity index (χ1) is 9.15. The molecule has 1 unspecified atom stereocenters. The highest BCUT2D eigenvalue weighted by Gasteiger charge is 2.25. The van der Waals surface area contributed by atoms with Crippen LogP contribution >= 0.6 is 0 Å². The normalized spacial score (nSPS) is 13.8. The summed E-state index contributed by atoms with van der Waals surface area (Å²) in [4.78, 5) is 16.2. The van der Waals surface area contributed by atoms with Crippen LogP contribution in [-0.2, 0) is 9.53 Å². The summed E-state index contributed by atoms with van der Waals surface area (Å²) in [5.41, 5.74) is 7.54. The van der Waals surface area contributed by atoms with Gasteiger partial charge in [-0.3, -0.25) is 0 Å². The summed E-state index contributed by atoms with van der Waals surface area (Å²) >= 11 is 0. The average Bonchev–Trinajstić information content (AvgIpc) is 2.89. The van der Waals surface area contributed by atoms with Gasteiger partial charge < -0.3 is 15.0 Å². The Bertz CT molecular complexity index is 549. The summed E-state index contributed by atoms with van der Waals surface area (Å²) in [5.74, 6) is -0.342. The lowest BCUT2D eigenvalue weighted by Gasteiger charge is -2.20. The van der Waals surface area contributed by atoms with E-state index in [1.54, 1.807) is 17.1 Å². The van der Waals surface area contributed by atoms with Gasteiger partial charge in [-0.1, -0.05) is 30.3 Å². The highest BCUT2D eigenvalue weighted by atomic mass is 16.5. The van der Waals surface area contributed by atoms with E-state index in [0.29, 0.717) is 0 Å². The Labute approximate surface area is 112 Å². The van der Waals surface area contributed by atoms with Crippen LogP contribution in [0.15, 0.2) is 42.9 Å². The van der Waals surface area contributed by atoms with Gasteiger partial charge in [0.15, 0.2) is 6.04 Å². The molecule has 0 radical (unpaired) electrons. The smallest absolute Gasteiger partial charge is 0.333 e. The fraction of sp³-hybridized carbons (Fsp3) is 0.286. The molecule has 2 rings (SSSR count). The van der Waals surface area contributed by atoms with Crippen LogP contribution < -0.4 is 5.73 Å². The molecular weight excluding hydrogens is 242 g/mol. The van der Waals surface area contributed by atoms with Crippen molar-refractivity contribution in [3.63, 3.8) is 0 Å². The van der Waals surface area contributed by atoms with Crippen LogP contribution in [0, 0.1) is 0 Å². The first-order valence-electron chi connectivity index (χ1n) is 6.05. The Kier molecular flexibility index (Phi) is 3.97. The molecule has 0 saturated carbocycles. The lowest BCUT2D eigenvalue weighted by molar-refractivity contribution is -0.143. The number of nitrogens with zero attached hydrogens (tertiary/aromatic N) is 2. The second-order valence-corrected chi connectivity index (χ2v) is 4.35. The fourth-order valence-corrected chi connectivity index (χ4v) is 2.04. The third kappa shape index (κ3) is 2.66. The number of hydrogen-bond donors (Lipinski definition) is 1. The minimum Gasteiger partial charge on any atom is -0.467 e. The van der Waals surface area contributed by atoms with Crippen LogP contribution in [0.25, 0.3) is 0 Å². The van der Waals surface area contributed by atoms with Gasteiger partial charge in [0.1, 0.15) is 0 Å². The summed E-state index contributed by atoms with van der Waals surface area (Å²) < 4.78 is 6.65. The first-order valence-corrected chi connectivity index (χ1v) is 6.05. The predicted octanol–water partition coefficient (Wildman–Crippen LogP) is 1.67. The number of carbonyl (C=O) groups is 1. The van der Waals surface area contributed by atoms with Gasteiger partial charge in [0.2, 0.25) is 0 Å². The summed E-state index contributed by atoms with van der Waals surface area (Å²) in [7, 11) is 1.38. The molecule has 0 saturated heterocycles. The third-order valence-electron chi connectivity index (χ3n) is 2.98. The summed E-state index contributed by atoms with van der Waals surface area (Å²) in [6.45, 7) is 1.85. The molecule has 0 aliphatic rings. The maximum atomic E-state index is 12.1. The lowest BCUT2D eigenvalue weighted by atomic mass is 10.1. The highest BCUT2D eigenvalue weighted by Crippen LogP contribution is 2.23. The molecule has 2 N–H and O–H groups in total. The van der Waals surface area contributed by atoms with E-state index in [0.717, 1.165) is 11.3 Å². The number of aromatic nitrogens is 2. The monoisotopic (exact) mass is 259 g/mol. The van der Waals surface area contributed by atoms with Crippen molar-refractivity contribution in [2.24, 2.45) is 5.73 Å². The lowest BCUT2D eigenvalue weighted by Crippen LogP contribution is -2.25. The van der Waals surface area contributed by atoms with Gasteiger partial charge in [0.05, 0.1) is 19.1 Å². The standard InChI is InChI=1S/C14H17N3O2/c1-10(15)12-8-16-9-17(12)13(14(18)19-2)11-6-4-3-5-7-11/h3-10,13H,15H2,1-2H3/t10-,13?/m0/s1. The third-order valence-corrected chi connectivity index (χ3v) is 2.98. The van der Waals surface area contributed by atoms with Crippen molar-refractivity contribution in [2.45, 2.75) is 19.0 Å². The van der Waals surface area contributed by atoms with Crippen molar-refractivity contribution < 1.29 is 9.53 Å². The van der Waals surface area contributed by atoms with E-state index < -0.39 is 6.04 Å². The van der Waals surface area contributed by atoms with E-state index in [1.807, 2.05) is 37.3 Å². The van der Waals surface area contributed by atoms with Crippen LogP contribution in [0.3, 0.4) is 0 Å². The number of benzene rings is 1. The highest BCUT2D eigenvalue weighted by molar-refractivity contribution is 5.78. The molecule has 0 bridgehead atoms. The van der Waals surface area contributed by atoms with Gasteiger partial charge in [0, 0.05) is 12.2 Å². The Morgan fingerprint density at radius 1 is 1.37 bits per heavy atom. The van der Waals surface area contributed by atoms with Crippen LogP contribution in [0.2, 0.25) is 0 Å². The second kappa shape index (κ2) is 5.67. The van der Waals surface area contributed by atoms with Gasteiger partial charge in [-0.15, -0.1) is 0 Å². The van der Waals surface area contributed by atoms with Gasteiger partial charge in [-0.05, 0) is 12.5 Å². The zero-order chi connectivity index (χ0) is 13.8. The summed E-state index contributed by atoms with van der Waals surface area (Å²) in [6, 6.07) is 8.66. The molecule has 0 aliphatic heterocycles. The Morgan fingerprint density at radius 2 is 2.05 bits per heavy atom. The zero-order valence-corrected chi connectivity index (χ0v) is 11.0. The quantitative estimate of drug-likeness (QED) is 0.848. The van der Waals surface area contributed by atoms with Crippen molar-refractivity contribution in [1.82, 2.24) is 9.55 Å². The molecule has 5 heteroatoms. The molecule has 0 fully saturated rings. The molecule has 0 amide bonds. The molecule has 0 spiro atoms. The first kappa shape index (κ1) is 13.3. The minimum absolute atomic E-state index is 0.210. The minimum atomic E-state index is -0.560. The largest absolute Gasteiger partial charge is 0.467 e. The van der Waals surface area contributed by atoms with E-state index in [9.17, 15) is 4.79 Å². The molecule has 1 heterocycles. The molecule has 0 aliphatic carbocycles. The summed E-state index contributed by atoms with van der Waals surface area (Å²) in [5, 5.41) is 0. The number of esters is 1. The zero-order valence-electron chi connectivity index (χ0n) is 11.0. The molecular formula is C14H17N3O2. The maximum Gasteiger partial charge on any atom is 0.333 e. The second-order valence-electron chi connectivity index (χ2n) is 4.35. The van der Waals surface area contributed by atoms with E-state index in [1.165, 1.54) is 7.11 Å². The van der Waals surface area contributed by atoms with E-state index in [4.69, 9.17) is 10.5 Å². The van der Waals surface area contributed by atoms with Gasteiger partial charge in [-0.25, -0.2) is 9.78 Å². The predicted molar refractivity (Wildman–Crippen MR) is 71.4 cm³/mol. The molecule has 2 aromatic rings. The maximum absolute atomic E-state index is 12.1. The Balaban J connectivity index is 2.50. The van der Waals surface area contributed by atoms with Crippen molar-refractivity contribution in [2.75, 3.05) is 7.11 Å². The number of methoxy groups -OCH3 is 1. The van der Waals surface area contributed by atoms with E-state index in [-0.39, 0.29) is 12.0 Å². The van der Waals surface area contributed by atoms with Gasteiger partial charge in [-0.2, -0.15) is 0 Å². The van der Waals surface area contributed by atoms with E-state index in [2.05, 4.69) is 4.98 Å². The molecule has 19 heavy (non-hydrogen) atoms. The van der Waals surface area contributed by atoms with E-state index >= 15 is 0 Å². The Hall–Kier alpha value is -2.14. The number of hydrogen-bond acceptors (Lipinski definition) is 4. The van der Waals surface area contributed by atoms with Crippen LogP contribution in [0.1, 0.15) is 30.3 Å².